The first-order valence-electron chi connectivity index (χ1n) is 9.43. The lowest BCUT2D eigenvalue weighted by atomic mass is 9.97. The zero-order valence-corrected chi connectivity index (χ0v) is 18.6. The number of hydrogen-bond donors (Lipinski definition) is 1. The molecule has 0 saturated carbocycles. The number of carbonyl (C=O) groups excluding carboxylic acids is 1. The number of nitro groups is 1. The minimum Gasteiger partial charge on any atom is -0.493 e. The Hall–Kier alpha value is -3.39. The number of hydrogen-bond acceptors (Lipinski definition) is 6. The van der Waals surface area contributed by atoms with Crippen molar-refractivity contribution in [3.05, 3.63) is 92.4 Å². The number of methoxy groups -OCH3 is 2. The van der Waals surface area contributed by atoms with Crippen LogP contribution >= 0.6 is 15.9 Å². The fourth-order valence-electron chi connectivity index (χ4n) is 3.14. The number of halogens is 1. The Morgan fingerprint density at radius 3 is 2.23 bits per heavy atom. The van der Waals surface area contributed by atoms with Crippen LogP contribution in [0.3, 0.4) is 0 Å². The molecule has 0 amide bonds. The standard InChI is InChI=1S/C23H21BrN2O5/c1-30-22-12-5-16(13-23(22)31-2)20(14-21(27)15-3-6-17(24)7-4-15)25-18-8-10-19(11-9-18)26(28)29/h3-13,20,25H,14H2,1-2H3. The van der Waals surface area contributed by atoms with Gasteiger partial charge in [-0.2, -0.15) is 0 Å². The van der Waals surface area contributed by atoms with E-state index in [0.29, 0.717) is 22.7 Å². The molecule has 0 radical (unpaired) electrons. The summed E-state index contributed by atoms with van der Waals surface area (Å²) in [4.78, 5) is 23.4. The van der Waals surface area contributed by atoms with Crippen LogP contribution in [0.1, 0.15) is 28.4 Å². The van der Waals surface area contributed by atoms with Crippen molar-refractivity contribution in [2.75, 3.05) is 19.5 Å². The van der Waals surface area contributed by atoms with Gasteiger partial charge in [0.25, 0.3) is 5.69 Å². The molecule has 31 heavy (non-hydrogen) atoms. The van der Waals surface area contributed by atoms with E-state index in [9.17, 15) is 14.9 Å². The Balaban J connectivity index is 1.91. The zero-order valence-electron chi connectivity index (χ0n) is 17.0. The van der Waals surface area contributed by atoms with E-state index in [0.717, 1.165) is 10.0 Å². The Bertz CT molecular complexity index is 1070. The fourth-order valence-corrected chi connectivity index (χ4v) is 3.41. The summed E-state index contributed by atoms with van der Waals surface area (Å²) in [5.41, 5.74) is 2.08. The van der Waals surface area contributed by atoms with Gasteiger partial charge in [-0.1, -0.05) is 34.1 Å². The number of ketones is 1. The number of nitrogens with one attached hydrogen (secondary N) is 1. The number of ether oxygens (including phenoxy) is 2. The summed E-state index contributed by atoms with van der Waals surface area (Å²) >= 11 is 3.37. The lowest BCUT2D eigenvalue weighted by Gasteiger charge is -2.21. The molecule has 3 aromatic carbocycles. The molecule has 3 rings (SSSR count). The van der Waals surface area contributed by atoms with Crippen LogP contribution in [0.4, 0.5) is 11.4 Å². The largest absolute Gasteiger partial charge is 0.493 e. The molecule has 0 aliphatic heterocycles. The van der Waals surface area contributed by atoms with Gasteiger partial charge in [-0.05, 0) is 42.0 Å². The highest BCUT2D eigenvalue weighted by atomic mass is 79.9. The van der Waals surface area contributed by atoms with E-state index in [-0.39, 0.29) is 17.9 Å². The first kappa shape index (κ1) is 22.3. The van der Waals surface area contributed by atoms with Gasteiger partial charge in [0, 0.05) is 34.3 Å². The summed E-state index contributed by atoms with van der Waals surface area (Å²) in [6.07, 6.45) is 0.175. The Morgan fingerprint density at radius 2 is 1.65 bits per heavy atom. The van der Waals surface area contributed by atoms with Gasteiger partial charge in [0.2, 0.25) is 0 Å². The number of rotatable bonds is 9. The van der Waals surface area contributed by atoms with E-state index in [1.165, 1.54) is 12.1 Å². The molecule has 0 aromatic heterocycles. The van der Waals surface area contributed by atoms with Crippen molar-refractivity contribution in [1.29, 1.82) is 0 Å². The van der Waals surface area contributed by atoms with E-state index < -0.39 is 11.0 Å². The van der Waals surface area contributed by atoms with Crippen molar-refractivity contribution >= 4 is 33.1 Å². The number of benzene rings is 3. The smallest absolute Gasteiger partial charge is 0.269 e. The van der Waals surface area contributed by atoms with Crippen molar-refractivity contribution in [1.82, 2.24) is 0 Å². The van der Waals surface area contributed by atoms with E-state index >= 15 is 0 Å². The van der Waals surface area contributed by atoms with E-state index in [1.54, 1.807) is 44.6 Å². The van der Waals surface area contributed by atoms with Gasteiger partial charge in [-0.15, -0.1) is 0 Å². The molecule has 0 aliphatic rings. The van der Waals surface area contributed by atoms with Crippen LogP contribution in [0.5, 0.6) is 11.5 Å². The maximum Gasteiger partial charge on any atom is 0.269 e. The van der Waals surface area contributed by atoms with Crippen molar-refractivity contribution in [3.63, 3.8) is 0 Å². The molecule has 1 N–H and O–H groups in total. The number of non-ortho nitro benzene ring substituents is 1. The molecule has 3 aromatic rings. The van der Waals surface area contributed by atoms with Crippen molar-refractivity contribution in [2.45, 2.75) is 12.5 Å². The van der Waals surface area contributed by atoms with Crippen LogP contribution in [0, 0.1) is 10.1 Å². The van der Waals surface area contributed by atoms with Crippen LogP contribution in [-0.2, 0) is 0 Å². The van der Waals surface area contributed by atoms with Crippen molar-refractivity contribution in [3.8, 4) is 11.5 Å². The molecule has 1 unspecified atom stereocenters. The first-order chi connectivity index (χ1) is 14.9. The topological polar surface area (TPSA) is 90.7 Å². The van der Waals surface area contributed by atoms with Crippen LogP contribution in [-0.4, -0.2) is 24.9 Å². The van der Waals surface area contributed by atoms with E-state index in [4.69, 9.17) is 9.47 Å². The quantitative estimate of drug-likeness (QED) is 0.234. The van der Waals surface area contributed by atoms with Gasteiger partial charge in [0.05, 0.1) is 25.2 Å². The second kappa shape index (κ2) is 10.1. The molecule has 8 heteroatoms. The highest BCUT2D eigenvalue weighted by Gasteiger charge is 2.20. The summed E-state index contributed by atoms with van der Waals surface area (Å²) in [5.74, 6) is 1.09. The molecule has 0 spiro atoms. The molecule has 0 fully saturated rings. The molecule has 0 saturated heterocycles. The molecule has 0 heterocycles. The van der Waals surface area contributed by atoms with Gasteiger partial charge < -0.3 is 14.8 Å². The molecule has 0 aliphatic carbocycles. The Labute approximate surface area is 188 Å². The second-order valence-electron chi connectivity index (χ2n) is 6.75. The lowest BCUT2D eigenvalue weighted by Crippen LogP contribution is -2.16. The SMILES string of the molecule is COc1ccc(C(CC(=O)c2ccc(Br)cc2)Nc2ccc([N+](=O)[O-])cc2)cc1OC. The third-order valence-corrected chi connectivity index (χ3v) is 5.31. The average Bonchev–Trinajstić information content (AvgIpc) is 2.78. The molecular weight excluding hydrogens is 464 g/mol. The minimum atomic E-state index is -0.452. The highest BCUT2D eigenvalue weighted by molar-refractivity contribution is 9.10. The van der Waals surface area contributed by atoms with Crippen LogP contribution < -0.4 is 14.8 Å². The summed E-state index contributed by atoms with van der Waals surface area (Å²) < 4.78 is 11.6. The minimum absolute atomic E-state index is 0.000782. The maximum atomic E-state index is 13.0. The summed E-state index contributed by atoms with van der Waals surface area (Å²) in [6, 6.07) is 18.3. The van der Waals surface area contributed by atoms with E-state index in [2.05, 4.69) is 21.2 Å². The number of nitro benzene ring substituents is 1. The number of nitrogens with zero attached hydrogens (tertiary/aromatic N) is 1. The van der Waals surface area contributed by atoms with Gasteiger partial charge in [-0.25, -0.2) is 0 Å². The summed E-state index contributed by atoms with van der Waals surface area (Å²) in [7, 11) is 3.11. The maximum absolute atomic E-state index is 13.0. The van der Waals surface area contributed by atoms with Crippen LogP contribution in [0.2, 0.25) is 0 Å². The summed E-state index contributed by atoms with van der Waals surface area (Å²) in [6.45, 7) is 0. The molecule has 0 bridgehead atoms. The molecule has 1 atom stereocenters. The zero-order chi connectivity index (χ0) is 22.4. The van der Waals surface area contributed by atoms with Gasteiger partial charge >= 0.3 is 0 Å². The highest BCUT2D eigenvalue weighted by Crippen LogP contribution is 2.33. The monoisotopic (exact) mass is 484 g/mol. The third-order valence-electron chi connectivity index (χ3n) is 4.78. The Kier molecular flexibility index (Phi) is 7.25. The predicted octanol–water partition coefficient (Wildman–Crippen LogP) is 5.80. The van der Waals surface area contributed by atoms with Gasteiger partial charge in [0.1, 0.15) is 0 Å². The molecule has 160 valence electrons. The second-order valence-corrected chi connectivity index (χ2v) is 7.67. The third kappa shape index (κ3) is 5.61. The predicted molar refractivity (Wildman–Crippen MR) is 122 cm³/mol. The number of carbonyl (C=O) groups is 1. The van der Waals surface area contributed by atoms with Gasteiger partial charge in [0.15, 0.2) is 17.3 Å². The fraction of sp³-hybridized carbons (Fsp3) is 0.174. The number of anilines is 1. The summed E-state index contributed by atoms with van der Waals surface area (Å²) in [5, 5.41) is 14.2. The normalized spacial score (nSPS) is 11.5. The van der Waals surface area contributed by atoms with Crippen molar-refractivity contribution in [2.24, 2.45) is 0 Å². The number of Topliss-reactive ketones (excluding diaryl/α,β-unsaturated/α-hetero) is 1. The molecule has 7 nitrogen and oxygen atoms in total. The average molecular weight is 485 g/mol. The van der Waals surface area contributed by atoms with E-state index in [1.807, 2.05) is 24.3 Å². The molecular formula is C23H21BrN2O5. The van der Waals surface area contributed by atoms with Crippen LogP contribution in [0.15, 0.2) is 71.2 Å². The Morgan fingerprint density at radius 1 is 1.00 bits per heavy atom. The van der Waals surface area contributed by atoms with Crippen molar-refractivity contribution < 1.29 is 19.2 Å². The van der Waals surface area contributed by atoms with Gasteiger partial charge in [-0.3, -0.25) is 14.9 Å². The lowest BCUT2D eigenvalue weighted by molar-refractivity contribution is -0.384. The van der Waals surface area contributed by atoms with Crippen LogP contribution in [0.25, 0.3) is 0 Å². The first-order valence-corrected chi connectivity index (χ1v) is 10.2.